The third kappa shape index (κ3) is 7.37. The van der Waals surface area contributed by atoms with Crippen molar-refractivity contribution in [3.8, 4) is 23.0 Å². The van der Waals surface area contributed by atoms with Crippen LogP contribution in [0.5, 0.6) is 23.0 Å². The Bertz CT molecular complexity index is 1350. The van der Waals surface area contributed by atoms with E-state index in [1.165, 1.54) is 57.9 Å². The first kappa shape index (κ1) is 28.3. The molecule has 2 amide bonds. The Kier molecular flexibility index (Phi) is 9.92. The molecule has 0 aromatic heterocycles. The second-order valence-corrected chi connectivity index (χ2v) is 8.32. The molecule has 10 nitrogen and oxygen atoms in total. The first-order valence-corrected chi connectivity index (χ1v) is 11.7. The van der Waals surface area contributed by atoms with Crippen molar-refractivity contribution in [1.82, 2.24) is 10.7 Å². The highest BCUT2D eigenvalue weighted by atomic mass is 35.5. The van der Waals surface area contributed by atoms with Crippen LogP contribution < -0.4 is 29.7 Å². The molecule has 3 aromatic carbocycles. The van der Waals surface area contributed by atoms with Crippen molar-refractivity contribution < 1.29 is 33.3 Å². The standard InChI is InChI=1S/C26H23Cl2N3O7/c1-35-21-10-16(11-22(36-2)24(21)37-3)25(33)29-14-23(32)31-30-13-15-5-4-6-18(9-15)38-26(34)19-8-7-17(27)12-20(19)28/h4-13H,14H2,1-3H3,(H,29,33)(H,31,32)/b30-13-. The van der Waals surface area contributed by atoms with Crippen molar-refractivity contribution in [2.45, 2.75) is 0 Å². The van der Waals surface area contributed by atoms with Gasteiger partial charge in [-0.2, -0.15) is 5.10 Å². The van der Waals surface area contributed by atoms with E-state index in [1.807, 2.05) is 0 Å². The second kappa shape index (κ2) is 13.3. The van der Waals surface area contributed by atoms with Gasteiger partial charge in [0.25, 0.3) is 11.8 Å². The summed E-state index contributed by atoms with van der Waals surface area (Å²) in [7, 11) is 4.31. The van der Waals surface area contributed by atoms with Gasteiger partial charge in [0.2, 0.25) is 5.75 Å². The fourth-order valence-electron chi connectivity index (χ4n) is 3.17. The summed E-state index contributed by atoms with van der Waals surface area (Å²) in [5.41, 5.74) is 3.22. The quantitative estimate of drug-likeness (QED) is 0.166. The van der Waals surface area contributed by atoms with Gasteiger partial charge >= 0.3 is 5.97 Å². The van der Waals surface area contributed by atoms with E-state index >= 15 is 0 Å². The van der Waals surface area contributed by atoms with Crippen LogP contribution in [0, 0.1) is 0 Å². The monoisotopic (exact) mass is 559 g/mol. The van der Waals surface area contributed by atoms with Crippen LogP contribution in [0.25, 0.3) is 0 Å². The Morgan fingerprint density at radius 1 is 0.921 bits per heavy atom. The molecule has 0 atom stereocenters. The molecule has 12 heteroatoms. The van der Waals surface area contributed by atoms with Crippen LogP contribution in [-0.2, 0) is 4.79 Å². The molecule has 3 aromatic rings. The normalized spacial score (nSPS) is 10.6. The maximum atomic E-state index is 12.5. The topological polar surface area (TPSA) is 125 Å². The Hall–Kier alpha value is -4.28. The number of benzene rings is 3. The van der Waals surface area contributed by atoms with E-state index in [9.17, 15) is 14.4 Å². The number of amides is 2. The third-order valence-electron chi connectivity index (χ3n) is 4.96. The highest BCUT2D eigenvalue weighted by Crippen LogP contribution is 2.38. The zero-order valence-corrected chi connectivity index (χ0v) is 22.1. The predicted molar refractivity (Wildman–Crippen MR) is 142 cm³/mol. The summed E-state index contributed by atoms with van der Waals surface area (Å²) in [6.07, 6.45) is 1.35. The number of nitrogens with zero attached hydrogens (tertiary/aromatic N) is 1. The average molecular weight is 560 g/mol. The molecule has 3 rings (SSSR count). The molecule has 38 heavy (non-hydrogen) atoms. The summed E-state index contributed by atoms with van der Waals surface area (Å²) in [6.45, 7) is -0.341. The Labute approximate surface area is 228 Å². The summed E-state index contributed by atoms with van der Waals surface area (Å²) < 4.78 is 21.0. The maximum Gasteiger partial charge on any atom is 0.345 e. The van der Waals surface area contributed by atoms with Crippen molar-refractivity contribution in [1.29, 1.82) is 0 Å². The molecule has 0 fully saturated rings. The third-order valence-corrected chi connectivity index (χ3v) is 5.51. The van der Waals surface area contributed by atoms with Gasteiger partial charge in [0.15, 0.2) is 11.5 Å². The number of methoxy groups -OCH3 is 3. The molecular formula is C26H23Cl2N3O7. The smallest absolute Gasteiger partial charge is 0.345 e. The number of nitrogens with one attached hydrogen (secondary N) is 2. The van der Waals surface area contributed by atoms with E-state index < -0.39 is 17.8 Å². The Morgan fingerprint density at radius 2 is 1.63 bits per heavy atom. The van der Waals surface area contributed by atoms with Crippen molar-refractivity contribution in [2.24, 2.45) is 5.10 Å². The largest absolute Gasteiger partial charge is 0.493 e. The van der Waals surface area contributed by atoms with Crippen LogP contribution in [-0.4, -0.2) is 51.9 Å². The number of carbonyl (C=O) groups is 3. The van der Waals surface area contributed by atoms with Crippen LogP contribution in [0.15, 0.2) is 59.7 Å². The fraction of sp³-hybridized carbons (Fsp3) is 0.154. The molecule has 198 valence electrons. The molecule has 0 heterocycles. The van der Waals surface area contributed by atoms with E-state index in [1.54, 1.807) is 24.3 Å². The minimum absolute atomic E-state index is 0.163. The SMILES string of the molecule is COc1cc(C(=O)NCC(=O)N/N=C\c2cccc(OC(=O)c3ccc(Cl)cc3Cl)c2)cc(OC)c1OC. The molecule has 0 aliphatic heterocycles. The minimum atomic E-state index is -0.656. The van der Waals surface area contributed by atoms with E-state index in [2.05, 4.69) is 15.8 Å². The lowest BCUT2D eigenvalue weighted by molar-refractivity contribution is -0.120. The van der Waals surface area contributed by atoms with Crippen molar-refractivity contribution in [2.75, 3.05) is 27.9 Å². The molecule has 0 bridgehead atoms. The molecule has 0 unspecified atom stereocenters. The lowest BCUT2D eigenvalue weighted by Crippen LogP contribution is -2.34. The van der Waals surface area contributed by atoms with Crippen LogP contribution in [0.2, 0.25) is 10.0 Å². The Morgan fingerprint density at radius 3 is 2.26 bits per heavy atom. The summed E-state index contributed by atoms with van der Waals surface area (Å²) in [4.78, 5) is 37.0. The van der Waals surface area contributed by atoms with Gasteiger partial charge in [-0.15, -0.1) is 0 Å². The fourth-order valence-corrected chi connectivity index (χ4v) is 3.65. The van der Waals surface area contributed by atoms with Gasteiger partial charge < -0.3 is 24.3 Å². The zero-order chi connectivity index (χ0) is 27.7. The first-order chi connectivity index (χ1) is 18.2. The maximum absolute atomic E-state index is 12.5. The van der Waals surface area contributed by atoms with Crippen molar-refractivity contribution >= 4 is 47.2 Å². The molecular weight excluding hydrogens is 537 g/mol. The van der Waals surface area contributed by atoms with Gasteiger partial charge in [0.1, 0.15) is 5.75 Å². The number of esters is 1. The van der Waals surface area contributed by atoms with Gasteiger partial charge in [-0.25, -0.2) is 10.2 Å². The second-order valence-electron chi connectivity index (χ2n) is 7.48. The van der Waals surface area contributed by atoms with Gasteiger partial charge in [0.05, 0.1) is 44.7 Å². The highest BCUT2D eigenvalue weighted by Gasteiger charge is 2.17. The molecule has 0 aliphatic carbocycles. The van der Waals surface area contributed by atoms with Crippen molar-refractivity contribution in [3.05, 3.63) is 81.3 Å². The van der Waals surface area contributed by atoms with Crippen LogP contribution >= 0.6 is 23.2 Å². The molecule has 0 saturated heterocycles. The van der Waals surface area contributed by atoms with Crippen molar-refractivity contribution in [3.63, 3.8) is 0 Å². The average Bonchev–Trinajstić information content (AvgIpc) is 2.90. The summed E-state index contributed by atoms with van der Waals surface area (Å²) >= 11 is 11.9. The molecule has 0 spiro atoms. The van der Waals surface area contributed by atoms with Gasteiger partial charge in [-0.1, -0.05) is 35.3 Å². The lowest BCUT2D eigenvalue weighted by Gasteiger charge is -2.14. The van der Waals surface area contributed by atoms with Crippen LogP contribution in [0.4, 0.5) is 0 Å². The molecule has 0 saturated carbocycles. The highest BCUT2D eigenvalue weighted by molar-refractivity contribution is 6.36. The number of rotatable bonds is 10. The van der Waals surface area contributed by atoms with Crippen LogP contribution in [0.1, 0.15) is 26.3 Å². The van der Waals surface area contributed by atoms with Crippen LogP contribution in [0.3, 0.4) is 0 Å². The lowest BCUT2D eigenvalue weighted by atomic mass is 10.1. The van der Waals surface area contributed by atoms with Gasteiger partial charge in [-0.05, 0) is 48.0 Å². The summed E-state index contributed by atoms with van der Waals surface area (Å²) in [5, 5.41) is 6.91. The number of hydrogen-bond acceptors (Lipinski definition) is 8. The number of hydrazone groups is 1. The molecule has 0 aliphatic rings. The van der Waals surface area contributed by atoms with Gasteiger partial charge in [-0.3, -0.25) is 9.59 Å². The van der Waals surface area contributed by atoms with E-state index in [0.29, 0.717) is 27.8 Å². The van der Waals surface area contributed by atoms with E-state index in [0.717, 1.165) is 0 Å². The number of carbonyl (C=O) groups excluding carboxylic acids is 3. The number of halogens is 2. The predicted octanol–water partition coefficient (Wildman–Crippen LogP) is 4.12. The van der Waals surface area contributed by atoms with E-state index in [4.69, 9.17) is 42.1 Å². The first-order valence-electron chi connectivity index (χ1n) is 10.9. The molecule has 2 N–H and O–H groups in total. The summed E-state index contributed by atoms with van der Waals surface area (Å²) in [6, 6.07) is 13.8. The van der Waals surface area contributed by atoms with Gasteiger partial charge in [0, 0.05) is 10.6 Å². The zero-order valence-electron chi connectivity index (χ0n) is 20.5. The summed E-state index contributed by atoms with van der Waals surface area (Å²) in [5.74, 6) is -0.566. The molecule has 0 radical (unpaired) electrons. The van der Waals surface area contributed by atoms with E-state index in [-0.39, 0.29) is 28.4 Å². The minimum Gasteiger partial charge on any atom is -0.493 e. The number of hydrogen-bond donors (Lipinski definition) is 2. The number of ether oxygens (including phenoxy) is 4. The Balaban J connectivity index is 1.55.